The lowest BCUT2D eigenvalue weighted by atomic mass is 10.0. The largest absolute Gasteiger partial charge is 0.294 e. The van der Waals surface area contributed by atoms with E-state index >= 15 is 0 Å². The lowest BCUT2D eigenvalue weighted by Crippen LogP contribution is -2.08. The number of hydrogen-bond acceptors (Lipinski definition) is 1. The summed E-state index contributed by atoms with van der Waals surface area (Å²) in [6.07, 6.45) is -0.512. The van der Waals surface area contributed by atoms with Crippen LogP contribution in [0.25, 0.3) is 0 Å². The molecule has 0 heterocycles. The Bertz CT molecular complexity index is 620. The van der Waals surface area contributed by atoms with Crippen molar-refractivity contribution in [2.45, 2.75) is 6.42 Å². The average Bonchev–Trinajstić information content (AvgIpc) is 2.37. The van der Waals surface area contributed by atoms with E-state index in [-0.39, 0.29) is 16.1 Å². The second-order valence-electron chi connectivity index (χ2n) is 3.92. The Labute approximate surface area is 112 Å². The highest BCUT2D eigenvalue weighted by atomic mass is 35.5. The molecule has 98 valence electrons. The zero-order valence-electron chi connectivity index (χ0n) is 9.59. The van der Waals surface area contributed by atoms with Gasteiger partial charge in [-0.25, -0.2) is 13.2 Å². The first-order chi connectivity index (χ1) is 8.99. The van der Waals surface area contributed by atoms with E-state index in [1.165, 1.54) is 12.1 Å². The Kier molecular flexibility index (Phi) is 3.90. The SMILES string of the molecule is O=C(Cc1c(F)cccc1F)c1cc(F)ccc1Cl. The van der Waals surface area contributed by atoms with Gasteiger partial charge in [0.25, 0.3) is 0 Å². The zero-order chi connectivity index (χ0) is 14.0. The average molecular weight is 285 g/mol. The predicted octanol–water partition coefficient (Wildman–Crippen LogP) is 4.18. The highest BCUT2D eigenvalue weighted by Gasteiger charge is 2.17. The van der Waals surface area contributed by atoms with Crippen molar-refractivity contribution in [3.63, 3.8) is 0 Å². The molecule has 19 heavy (non-hydrogen) atoms. The minimum Gasteiger partial charge on any atom is -0.294 e. The molecule has 0 aliphatic rings. The standard InChI is InChI=1S/C14H8ClF3O/c15-11-5-4-8(16)6-9(11)14(19)7-10-12(17)2-1-3-13(10)18/h1-6H,7H2. The van der Waals surface area contributed by atoms with Crippen molar-refractivity contribution in [2.24, 2.45) is 0 Å². The van der Waals surface area contributed by atoms with Crippen molar-refractivity contribution in [3.8, 4) is 0 Å². The van der Waals surface area contributed by atoms with Crippen LogP contribution in [0.5, 0.6) is 0 Å². The lowest BCUT2D eigenvalue weighted by molar-refractivity contribution is 0.0990. The molecule has 0 spiro atoms. The van der Waals surface area contributed by atoms with Crippen LogP contribution in [0, 0.1) is 17.5 Å². The van der Waals surface area contributed by atoms with Gasteiger partial charge in [-0.2, -0.15) is 0 Å². The van der Waals surface area contributed by atoms with Gasteiger partial charge in [-0.05, 0) is 30.3 Å². The van der Waals surface area contributed by atoms with Crippen molar-refractivity contribution >= 4 is 17.4 Å². The molecule has 2 aromatic rings. The van der Waals surface area contributed by atoms with Crippen molar-refractivity contribution < 1.29 is 18.0 Å². The van der Waals surface area contributed by atoms with Crippen LogP contribution in [0.2, 0.25) is 5.02 Å². The Morgan fingerprint density at radius 1 is 1.05 bits per heavy atom. The van der Waals surface area contributed by atoms with Gasteiger partial charge in [-0.3, -0.25) is 4.79 Å². The lowest BCUT2D eigenvalue weighted by Gasteiger charge is -2.06. The van der Waals surface area contributed by atoms with Gasteiger partial charge in [-0.1, -0.05) is 17.7 Å². The summed E-state index contributed by atoms with van der Waals surface area (Å²) in [6, 6.07) is 6.58. The molecule has 0 aliphatic carbocycles. The number of ketones is 1. The smallest absolute Gasteiger partial charge is 0.169 e. The van der Waals surface area contributed by atoms with Crippen LogP contribution in [-0.2, 0) is 6.42 Å². The van der Waals surface area contributed by atoms with Crippen LogP contribution in [-0.4, -0.2) is 5.78 Å². The van der Waals surface area contributed by atoms with Gasteiger partial charge in [0.2, 0.25) is 0 Å². The number of rotatable bonds is 3. The van der Waals surface area contributed by atoms with Crippen LogP contribution >= 0.6 is 11.6 Å². The van der Waals surface area contributed by atoms with Crippen LogP contribution in [0.3, 0.4) is 0 Å². The Morgan fingerprint density at radius 2 is 1.68 bits per heavy atom. The Hall–Kier alpha value is -1.81. The van der Waals surface area contributed by atoms with Crippen molar-refractivity contribution in [2.75, 3.05) is 0 Å². The van der Waals surface area contributed by atoms with E-state index < -0.39 is 29.7 Å². The molecule has 0 N–H and O–H groups in total. The highest BCUT2D eigenvalue weighted by Crippen LogP contribution is 2.21. The molecule has 0 fully saturated rings. The van der Waals surface area contributed by atoms with E-state index in [2.05, 4.69) is 0 Å². The number of halogens is 4. The third-order valence-electron chi connectivity index (χ3n) is 2.63. The molecule has 1 nitrogen and oxygen atoms in total. The third-order valence-corrected chi connectivity index (χ3v) is 2.96. The molecule has 0 saturated heterocycles. The van der Waals surface area contributed by atoms with E-state index in [1.807, 2.05) is 0 Å². The summed E-state index contributed by atoms with van der Waals surface area (Å²) in [5, 5.41) is 0.0446. The van der Waals surface area contributed by atoms with Crippen molar-refractivity contribution in [1.82, 2.24) is 0 Å². The summed E-state index contributed by atoms with van der Waals surface area (Å²) in [5.74, 6) is -2.92. The van der Waals surface area contributed by atoms with Crippen LogP contribution < -0.4 is 0 Å². The summed E-state index contributed by atoms with van der Waals surface area (Å²) in [7, 11) is 0. The molecule has 0 amide bonds. The second kappa shape index (κ2) is 5.45. The molecule has 0 unspecified atom stereocenters. The summed E-state index contributed by atoms with van der Waals surface area (Å²) in [6.45, 7) is 0. The van der Waals surface area contributed by atoms with Crippen molar-refractivity contribution in [1.29, 1.82) is 0 Å². The minimum absolute atomic E-state index is 0.0446. The monoisotopic (exact) mass is 284 g/mol. The molecule has 0 aromatic heterocycles. The van der Waals surface area contributed by atoms with Crippen LogP contribution in [0.4, 0.5) is 13.2 Å². The first-order valence-corrected chi connectivity index (χ1v) is 5.78. The highest BCUT2D eigenvalue weighted by molar-refractivity contribution is 6.34. The summed E-state index contributed by atoms with van der Waals surface area (Å²) in [4.78, 5) is 11.9. The molecule has 0 aliphatic heterocycles. The fourth-order valence-electron chi connectivity index (χ4n) is 1.67. The number of Topliss-reactive ketones (excluding diaryl/α,β-unsaturated/α-hetero) is 1. The van der Waals surface area contributed by atoms with E-state index in [4.69, 9.17) is 11.6 Å². The van der Waals surface area contributed by atoms with Crippen LogP contribution in [0.1, 0.15) is 15.9 Å². The first-order valence-electron chi connectivity index (χ1n) is 5.40. The third kappa shape index (κ3) is 2.96. The molecule has 2 rings (SSSR count). The second-order valence-corrected chi connectivity index (χ2v) is 4.33. The first kappa shape index (κ1) is 13.6. The van der Waals surface area contributed by atoms with Crippen LogP contribution in [0.15, 0.2) is 36.4 Å². The van der Waals surface area contributed by atoms with Gasteiger partial charge < -0.3 is 0 Å². The molecule has 0 saturated carbocycles. The summed E-state index contributed by atoms with van der Waals surface area (Å²) in [5.41, 5.74) is -0.447. The van der Waals surface area contributed by atoms with Crippen molar-refractivity contribution in [3.05, 3.63) is 70.0 Å². The number of carbonyl (C=O) groups excluding carboxylic acids is 1. The quantitative estimate of drug-likeness (QED) is 0.773. The molecular formula is C14H8ClF3O. The molecular weight excluding hydrogens is 277 g/mol. The molecule has 0 atom stereocenters. The van der Waals surface area contributed by atoms with Gasteiger partial charge in [0.1, 0.15) is 17.5 Å². The zero-order valence-corrected chi connectivity index (χ0v) is 10.3. The fourth-order valence-corrected chi connectivity index (χ4v) is 1.89. The van der Waals surface area contributed by atoms with Gasteiger partial charge in [0.15, 0.2) is 5.78 Å². The van der Waals surface area contributed by atoms with E-state index in [0.717, 1.165) is 24.3 Å². The van der Waals surface area contributed by atoms with E-state index in [0.29, 0.717) is 0 Å². The van der Waals surface area contributed by atoms with E-state index in [9.17, 15) is 18.0 Å². The molecule has 0 radical (unpaired) electrons. The normalized spacial score (nSPS) is 10.5. The molecule has 5 heteroatoms. The molecule has 2 aromatic carbocycles. The van der Waals surface area contributed by atoms with Gasteiger partial charge in [0.05, 0.1) is 5.02 Å². The van der Waals surface area contributed by atoms with Gasteiger partial charge in [0, 0.05) is 17.5 Å². The maximum Gasteiger partial charge on any atom is 0.169 e. The summed E-state index contributed by atoms with van der Waals surface area (Å²) < 4.78 is 39.9. The maximum atomic E-state index is 13.4. The minimum atomic E-state index is -0.819. The van der Waals surface area contributed by atoms with Gasteiger partial charge >= 0.3 is 0 Å². The topological polar surface area (TPSA) is 17.1 Å². The fraction of sp³-hybridized carbons (Fsp3) is 0.0714. The molecule has 0 bridgehead atoms. The van der Waals surface area contributed by atoms with Gasteiger partial charge in [-0.15, -0.1) is 0 Å². The summed E-state index contributed by atoms with van der Waals surface area (Å²) >= 11 is 5.76. The number of benzene rings is 2. The van der Waals surface area contributed by atoms with E-state index in [1.54, 1.807) is 0 Å². The maximum absolute atomic E-state index is 13.4. The Morgan fingerprint density at radius 3 is 2.32 bits per heavy atom. The number of hydrogen-bond donors (Lipinski definition) is 0. The Balaban J connectivity index is 2.34. The predicted molar refractivity (Wildman–Crippen MR) is 65.8 cm³/mol. The number of carbonyl (C=O) groups is 1.